The molecule has 0 N–H and O–H groups in total. The molecule has 0 saturated carbocycles. The Balaban J connectivity index is 1.45. The fourth-order valence-electron chi connectivity index (χ4n) is 3.90. The molecular weight excluding hydrogens is 505 g/mol. The van der Waals surface area contributed by atoms with Crippen molar-refractivity contribution in [3.05, 3.63) is 102 Å². The van der Waals surface area contributed by atoms with Gasteiger partial charge >= 0.3 is 5.97 Å². The van der Waals surface area contributed by atoms with Gasteiger partial charge in [0.15, 0.2) is 11.6 Å². The van der Waals surface area contributed by atoms with Gasteiger partial charge in [-0.25, -0.2) is 18.0 Å². The quantitative estimate of drug-likeness (QED) is 0.110. The predicted molar refractivity (Wildman–Crippen MR) is 145 cm³/mol. The lowest BCUT2D eigenvalue weighted by Crippen LogP contribution is -2.11. The molecule has 4 rings (SSSR count). The van der Waals surface area contributed by atoms with Crippen LogP contribution in [0.5, 0.6) is 17.2 Å². The second-order valence-corrected chi connectivity index (χ2v) is 8.92. The number of ether oxygens (including phenoxy) is 3. The molecule has 0 aliphatic rings. The number of rotatable bonds is 11. The van der Waals surface area contributed by atoms with Crippen molar-refractivity contribution >= 4 is 5.97 Å². The number of unbranched alkanes of at least 4 members (excludes halogenated alkanes) is 1. The monoisotopic (exact) mass is 534 g/mol. The van der Waals surface area contributed by atoms with Crippen molar-refractivity contribution in [3.8, 4) is 39.5 Å². The van der Waals surface area contributed by atoms with Crippen LogP contribution in [0, 0.1) is 17.5 Å². The summed E-state index contributed by atoms with van der Waals surface area (Å²) in [7, 11) is 0. The molecule has 0 saturated heterocycles. The lowest BCUT2D eigenvalue weighted by Gasteiger charge is -2.11. The van der Waals surface area contributed by atoms with Crippen LogP contribution in [-0.4, -0.2) is 19.2 Å². The molecule has 0 amide bonds. The molecule has 0 atom stereocenters. The first-order chi connectivity index (χ1) is 18.9. The maximum atomic E-state index is 15.0. The zero-order chi connectivity index (χ0) is 27.8. The maximum absolute atomic E-state index is 15.0. The normalized spacial score (nSPS) is 10.8. The first-order valence-corrected chi connectivity index (χ1v) is 12.9. The smallest absolute Gasteiger partial charge is 0.346 e. The number of carbonyl (C=O) groups excluding carboxylic acids is 1. The van der Waals surface area contributed by atoms with Crippen LogP contribution in [0.3, 0.4) is 0 Å². The van der Waals surface area contributed by atoms with Crippen molar-refractivity contribution in [2.75, 3.05) is 13.2 Å². The van der Waals surface area contributed by atoms with E-state index in [1.807, 2.05) is 13.8 Å². The van der Waals surface area contributed by atoms with E-state index in [0.717, 1.165) is 25.3 Å². The molecule has 4 nitrogen and oxygen atoms in total. The minimum absolute atomic E-state index is 0.0572. The largest absolute Gasteiger partial charge is 0.494 e. The van der Waals surface area contributed by atoms with Gasteiger partial charge in [-0.15, -0.1) is 0 Å². The van der Waals surface area contributed by atoms with Crippen molar-refractivity contribution in [2.45, 2.75) is 33.1 Å². The van der Waals surface area contributed by atoms with E-state index in [9.17, 15) is 9.18 Å². The summed E-state index contributed by atoms with van der Waals surface area (Å²) < 4.78 is 60.8. The van der Waals surface area contributed by atoms with E-state index in [2.05, 4.69) is 0 Å². The number of carbonyl (C=O) groups is 1. The summed E-state index contributed by atoms with van der Waals surface area (Å²) in [6.07, 6.45) is 2.65. The minimum atomic E-state index is -0.994. The Morgan fingerprint density at radius 2 is 1.18 bits per heavy atom. The van der Waals surface area contributed by atoms with Crippen molar-refractivity contribution < 1.29 is 32.2 Å². The van der Waals surface area contributed by atoms with Crippen molar-refractivity contribution in [1.29, 1.82) is 0 Å². The average Bonchev–Trinajstić information content (AvgIpc) is 2.94. The third-order valence-electron chi connectivity index (χ3n) is 6.02. The first-order valence-electron chi connectivity index (χ1n) is 12.9. The highest BCUT2D eigenvalue weighted by molar-refractivity contribution is 5.91. The highest BCUT2D eigenvalue weighted by Gasteiger charge is 2.18. The summed E-state index contributed by atoms with van der Waals surface area (Å²) in [5, 5.41) is 0. The first kappa shape index (κ1) is 27.8. The number of benzene rings is 4. The van der Waals surface area contributed by atoms with E-state index in [1.165, 1.54) is 48.5 Å². The Labute approximate surface area is 226 Å². The Morgan fingerprint density at radius 3 is 1.72 bits per heavy atom. The van der Waals surface area contributed by atoms with Gasteiger partial charge in [0.2, 0.25) is 0 Å². The molecule has 0 spiro atoms. The second kappa shape index (κ2) is 13.0. The zero-order valence-corrected chi connectivity index (χ0v) is 21.8. The van der Waals surface area contributed by atoms with E-state index >= 15 is 8.78 Å². The molecule has 7 heteroatoms. The fraction of sp³-hybridized carbons (Fsp3) is 0.219. The van der Waals surface area contributed by atoms with E-state index in [-0.39, 0.29) is 22.4 Å². The summed E-state index contributed by atoms with van der Waals surface area (Å²) in [5.74, 6) is -2.47. The molecule has 0 aliphatic heterocycles. The van der Waals surface area contributed by atoms with Crippen LogP contribution < -0.4 is 14.2 Å². The molecule has 0 aromatic heterocycles. The Kier molecular flexibility index (Phi) is 9.26. The van der Waals surface area contributed by atoms with Crippen LogP contribution in [0.2, 0.25) is 0 Å². The summed E-state index contributed by atoms with van der Waals surface area (Å²) in [6.45, 7) is 5.06. The van der Waals surface area contributed by atoms with E-state index in [1.54, 1.807) is 24.3 Å². The van der Waals surface area contributed by atoms with Crippen molar-refractivity contribution in [3.63, 3.8) is 0 Å². The van der Waals surface area contributed by atoms with Gasteiger partial charge in [-0.1, -0.05) is 56.7 Å². The number of hydrogen-bond acceptors (Lipinski definition) is 4. The summed E-state index contributed by atoms with van der Waals surface area (Å²) >= 11 is 0. The van der Waals surface area contributed by atoms with Crippen LogP contribution >= 0.6 is 0 Å². The maximum Gasteiger partial charge on any atom is 0.346 e. The standard InChI is InChI=1S/C32H29F3O4/c1-3-5-19-38-25-14-15-28(29(33)20-25)32(36)39-24-12-8-22(9-13-24)27-17-16-26(30(34)31(27)35)21-6-10-23(11-7-21)37-18-4-2/h6-17,20H,3-5,18-19H2,1-2H3. The molecule has 202 valence electrons. The Hall–Kier alpha value is -4.26. The molecule has 0 bridgehead atoms. The Morgan fingerprint density at radius 1 is 0.641 bits per heavy atom. The highest BCUT2D eigenvalue weighted by Crippen LogP contribution is 2.33. The number of hydrogen-bond donors (Lipinski definition) is 0. The van der Waals surface area contributed by atoms with Gasteiger partial charge in [0.25, 0.3) is 0 Å². The molecular formula is C32H29F3O4. The molecule has 0 fully saturated rings. The van der Waals surface area contributed by atoms with Crippen LogP contribution in [0.25, 0.3) is 22.3 Å². The lowest BCUT2D eigenvalue weighted by atomic mass is 9.98. The molecule has 39 heavy (non-hydrogen) atoms. The van der Waals surface area contributed by atoms with Crippen molar-refractivity contribution in [2.24, 2.45) is 0 Å². The summed E-state index contributed by atoms with van der Waals surface area (Å²) in [4.78, 5) is 12.5. The van der Waals surface area contributed by atoms with E-state index in [0.29, 0.717) is 35.8 Å². The van der Waals surface area contributed by atoms with Gasteiger partial charge in [-0.3, -0.25) is 0 Å². The van der Waals surface area contributed by atoms with Gasteiger partial charge in [0.1, 0.15) is 23.1 Å². The predicted octanol–water partition coefficient (Wildman–Crippen LogP) is 8.62. The van der Waals surface area contributed by atoms with Crippen LogP contribution in [0.1, 0.15) is 43.5 Å². The third-order valence-corrected chi connectivity index (χ3v) is 6.02. The molecule has 0 radical (unpaired) electrons. The third kappa shape index (κ3) is 6.79. The van der Waals surface area contributed by atoms with Gasteiger partial charge < -0.3 is 14.2 Å². The topological polar surface area (TPSA) is 44.8 Å². The number of halogens is 3. The molecule has 4 aromatic carbocycles. The molecule has 0 unspecified atom stereocenters. The molecule has 0 heterocycles. The zero-order valence-electron chi connectivity index (χ0n) is 21.8. The van der Waals surface area contributed by atoms with Crippen LogP contribution in [0.15, 0.2) is 78.9 Å². The summed E-state index contributed by atoms with van der Waals surface area (Å²) in [6, 6.07) is 19.7. The average molecular weight is 535 g/mol. The fourth-order valence-corrected chi connectivity index (χ4v) is 3.90. The van der Waals surface area contributed by atoms with E-state index in [4.69, 9.17) is 14.2 Å². The van der Waals surface area contributed by atoms with Gasteiger partial charge in [-0.05, 0) is 60.4 Å². The number of esters is 1. The van der Waals surface area contributed by atoms with Crippen LogP contribution in [0.4, 0.5) is 13.2 Å². The minimum Gasteiger partial charge on any atom is -0.494 e. The van der Waals surface area contributed by atoms with Gasteiger partial charge in [0, 0.05) is 17.2 Å². The van der Waals surface area contributed by atoms with E-state index < -0.39 is 23.4 Å². The van der Waals surface area contributed by atoms with Gasteiger partial charge in [-0.2, -0.15) is 0 Å². The van der Waals surface area contributed by atoms with Crippen molar-refractivity contribution in [1.82, 2.24) is 0 Å². The lowest BCUT2D eigenvalue weighted by molar-refractivity contribution is 0.0730. The van der Waals surface area contributed by atoms with Gasteiger partial charge in [0.05, 0.1) is 18.8 Å². The molecule has 0 aliphatic carbocycles. The Bertz CT molecular complexity index is 1420. The SMILES string of the molecule is CCCCOc1ccc(C(=O)Oc2ccc(-c3ccc(-c4ccc(OCCC)cc4)c(F)c3F)cc2)c(F)c1. The highest BCUT2D eigenvalue weighted by atomic mass is 19.2. The van der Waals surface area contributed by atoms with Crippen LogP contribution in [-0.2, 0) is 0 Å². The second-order valence-electron chi connectivity index (χ2n) is 8.92. The molecule has 4 aromatic rings. The summed E-state index contributed by atoms with van der Waals surface area (Å²) in [5.41, 5.74) is 0.864.